The molecular formula is C26H30N2O6S. The lowest BCUT2D eigenvalue weighted by Gasteiger charge is -2.24. The molecule has 1 N–H and O–H groups in total. The van der Waals surface area contributed by atoms with E-state index in [9.17, 15) is 13.2 Å². The van der Waals surface area contributed by atoms with Crippen LogP contribution in [0.25, 0.3) is 0 Å². The smallest absolute Gasteiger partial charge is 0.251 e. The maximum Gasteiger partial charge on any atom is 0.251 e. The third kappa shape index (κ3) is 6.89. The Morgan fingerprint density at radius 1 is 0.943 bits per heavy atom. The Bertz CT molecular complexity index is 1260. The van der Waals surface area contributed by atoms with E-state index in [2.05, 4.69) is 5.32 Å². The van der Waals surface area contributed by atoms with Crippen LogP contribution in [0, 0.1) is 6.92 Å². The van der Waals surface area contributed by atoms with Gasteiger partial charge in [0.15, 0.2) is 0 Å². The number of hydrogen-bond acceptors (Lipinski definition) is 6. The molecule has 3 rings (SSSR count). The molecule has 0 atom stereocenters. The van der Waals surface area contributed by atoms with E-state index >= 15 is 0 Å². The number of para-hydroxylation sites is 1. The zero-order valence-corrected chi connectivity index (χ0v) is 21.1. The number of rotatable bonds is 11. The molecule has 186 valence electrons. The lowest BCUT2D eigenvalue weighted by atomic mass is 10.1. The molecule has 8 nitrogen and oxygen atoms in total. The monoisotopic (exact) mass is 498 g/mol. The van der Waals surface area contributed by atoms with Crippen molar-refractivity contribution in [1.82, 2.24) is 5.32 Å². The van der Waals surface area contributed by atoms with Gasteiger partial charge in [0.25, 0.3) is 5.91 Å². The minimum atomic E-state index is -3.62. The highest BCUT2D eigenvalue weighted by Gasteiger charge is 2.22. The van der Waals surface area contributed by atoms with Crippen molar-refractivity contribution in [2.45, 2.75) is 13.5 Å². The van der Waals surface area contributed by atoms with E-state index in [1.54, 1.807) is 42.5 Å². The molecule has 3 aromatic rings. The fraction of sp³-hybridized carbons (Fsp3) is 0.269. The third-order valence-electron chi connectivity index (χ3n) is 5.34. The van der Waals surface area contributed by atoms with Crippen molar-refractivity contribution in [3.8, 4) is 17.2 Å². The molecule has 0 radical (unpaired) electrons. The minimum absolute atomic E-state index is 0.0771. The summed E-state index contributed by atoms with van der Waals surface area (Å²) in [6.07, 6.45) is 1.14. The van der Waals surface area contributed by atoms with Gasteiger partial charge in [-0.1, -0.05) is 30.3 Å². The molecule has 0 aliphatic heterocycles. The Hall–Kier alpha value is -3.72. The summed E-state index contributed by atoms with van der Waals surface area (Å²) in [6.45, 7) is 2.74. The van der Waals surface area contributed by atoms with Crippen LogP contribution in [0.3, 0.4) is 0 Å². The van der Waals surface area contributed by atoms with Crippen LogP contribution < -0.4 is 23.8 Å². The van der Waals surface area contributed by atoms with Crippen LogP contribution in [0.15, 0.2) is 66.7 Å². The fourth-order valence-electron chi connectivity index (χ4n) is 3.45. The van der Waals surface area contributed by atoms with E-state index in [1.165, 1.54) is 18.5 Å². The summed E-state index contributed by atoms with van der Waals surface area (Å²) in [5.74, 6) is 1.48. The molecule has 0 saturated carbocycles. The second kappa shape index (κ2) is 11.6. The molecule has 9 heteroatoms. The number of nitrogens with one attached hydrogen (secondary N) is 1. The molecule has 0 aromatic heterocycles. The van der Waals surface area contributed by atoms with E-state index in [-0.39, 0.29) is 12.5 Å². The molecular weight excluding hydrogens is 468 g/mol. The van der Waals surface area contributed by atoms with Gasteiger partial charge in [-0.05, 0) is 48.4 Å². The van der Waals surface area contributed by atoms with Crippen molar-refractivity contribution in [3.63, 3.8) is 0 Å². The number of anilines is 1. The van der Waals surface area contributed by atoms with Crippen LogP contribution in [-0.2, 0) is 16.6 Å². The van der Waals surface area contributed by atoms with Crippen molar-refractivity contribution >= 4 is 21.6 Å². The number of ether oxygens (including phenoxy) is 3. The highest BCUT2D eigenvalue weighted by atomic mass is 32.2. The van der Waals surface area contributed by atoms with Crippen LogP contribution in [0.5, 0.6) is 17.2 Å². The van der Waals surface area contributed by atoms with Gasteiger partial charge in [-0.2, -0.15) is 0 Å². The standard InChI is InChI=1S/C26H30N2O6S/c1-19-7-5-6-8-24(19)34-16-15-27-26(29)21-11-9-20(10-12-21)18-28(35(4,30)31)23-14-13-22(32-2)17-25(23)33-3/h5-14,17H,15-16,18H2,1-4H3,(H,27,29). The highest BCUT2D eigenvalue weighted by Crippen LogP contribution is 2.34. The van der Waals surface area contributed by atoms with Crippen LogP contribution in [-0.4, -0.2) is 48.0 Å². The molecule has 0 aliphatic rings. The predicted molar refractivity (Wildman–Crippen MR) is 136 cm³/mol. The molecule has 0 heterocycles. The lowest BCUT2D eigenvalue weighted by Crippen LogP contribution is -2.30. The quantitative estimate of drug-likeness (QED) is 0.404. The predicted octanol–water partition coefficient (Wildman–Crippen LogP) is 3.79. The van der Waals surface area contributed by atoms with Gasteiger partial charge in [0.05, 0.1) is 39.3 Å². The van der Waals surface area contributed by atoms with Gasteiger partial charge in [-0.25, -0.2) is 8.42 Å². The van der Waals surface area contributed by atoms with Gasteiger partial charge in [0.1, 0.15) is 23.9 Å². The minimum Gasteiger partial charge on any atom is -0.497 e. The first-order valence-electron chi connectivity index (χ1n) is 11.0. The second-order valence-electron chi connectivity index (χ2n) is 7.87. The normalized spacial score (nSPS) is 11.0. The zero-order chi connectivity index (χ0) is 25.4. The summed E-state index contributed by atoms with van der Waals surface area (Å²) in [5.41, 5.74) is 2.61. The number of amides is 1. The summed E-state index contributed by atoms with van der Waals surface area (Å²) < 4.78 is 42.7. The van der Waals surface area contributed by atoms with Gasteiger partial charge in [-0.15, -0.1) is 0 Å². The van der Waals surface area contributed by atoms with Crippen LogP contribution >= 0.6 is 0 Å². The number of sulfonamides is 1. The van der Waals surface area contributed by atoms with Crippen molar-refractivity contribution in [2.75, 3.05) is 37.9 Å². The summed E-state index contributed by atoms with van der Waals surface area (Å²) in [7, 11) is -0.620. The Balaban J connectivity index is 1.64. The number of nitrogens with zero attached hydrogens (tertiary/aromatic N) is 1. The molecule has 0 aliphatic carbocycles. The number of carbonyl (C=O) groups is 1. The van der Waals surface area contributed by atoms with Crippen molar-refractivity contribution in [2.24, 2.45) is 0 Å². The van der Waals surface area contributed by atoms with E-state index in [0.717, 1.165) is 17.6 Å². The van der Waals surface area contributed by atoms with Gasteiger partial charge >= 0.3 is 0 Å². The van der Waals surface area contributed by atoms with Crippen LogP contribution in [0.1, 0.15) is 21.5 Å². The molecule has 35 heavy (non-hydrogen) atoms. The molecule has 0 bridgehead atoms. The molecule has 1 amide bonds. The third-order valence-corrected chi connectivity index (χ3v) is 6.46. The molecule has 3 aromatic carbocycles. The first kappa shape index (κ1) is 25.9. The Labute approximate surface area is 206 Å². The van der Waals surface area contributed by atoms with E-state index in [0.29, 0.717) is 41.5 Å². The van der Waals surface area contributed by atoms with Gasteiger partial charge in [0, 0.05) is 11.6 Å². The number of methoxy groups -OCH3 is 2. The maximum atomic E-state index is 12.6. The molecule has 0 fully saturated rings. The molecule has 0 saturated heterocycles. The maximum absolute atomic E-state index is 12.6. The first-order valence-corrected chi connectivity index (χ1v) is 12.8. The van der Waals surface area contributed by atoms with E-state index in [1.807, 2.05) is 31.2 Å². The topological polar surface area (TPSA) is 94.2 Å². The van der Waals surface area contributed by atoms with E-state index < -0.39 is 10.0 Å². The van der Waals surface area contributed by atoms with Crippen LogP contribution in [0.4, 0.5) is 5.69 Å². The zero-order valence-electron chi connectivity index (χ0n) is 20.3. The summed E-state index contributed by atoms with van der Waals surface area (Å²) in [5, 5.41) is 2.83. The average molecular weight is 499 g/mol. The summed E-state index contributed by atoms with van der Waals surface area (Å²) in [6, 6.07) is 19.4. The lowest BCUT2D eigenvalue weighted by molar-refractivity contribution is 0.0947. The SMILES string of the molecule is COc1ccc(N(Cc2ccc(C(=O)NCCOc3ccccc3C)cc2)S(C)(=O)=O)c(OC)c1. The van der Waals surface area contributed by atoms with Gasteiger partial charge in [0.2, 0.25) is 10.0 Å². The largest absolute Gasteiger partial charge is 0.497 e. The summed E-state index contributed by atoms with van der Waals surface area (Å²) in [4.78, 5) is 12.5. The van der Waals surface area contributed by atoms with E-state index in [4.69, 9.17) is 14.2 Å². The van der Waals surface area contributed by atoms with Crippen molar-refractivity contribution in [1.29, 1.82) is 0 Å². The van der Waals surface area contributed by atoms with Crippen LogP contribution in [0.2, 0.25) is 0 Å². The highest BCUT2D eigenvalue weighted by molar-refractivity contribution is 7.92. The molecule has 0 spiro atoms. The first-order chi connectivity index (χ1) is 16.7. The van der Waals surface area contributed by atoms with Gasteiger partial charge < -0.3 is 19.5 Å². The fourth-order valence-corrected chi connectivity index (χ4v) is 4.34. The van der Waals surface area contributed by atoms with Crippen molar-refractivity contribution < 1.29 is 27.4 Å². The number of hydrogen-bond donors (Lipinski definition) is 1. The average Bonchev–Trinajstić information content (AvgIpc) is 2.85. The molecule has 0 unspecified atom stereocenters. The van der Waals surface area contributed by atoms with Gasteiger partial charge in [-0.3, -0.25) is 9.10 Å². The Kier molecular flexibility index (Phi) is 8.59. The Morgan fingerprint density at radius 3 is 2.29 bits per heavy atom. The van der Waals surface area contributed by atoms with Crippen molar-refractivity contribution in [3.05, 3.63) is 83.4 Å². The second-order valence-corrected chi connectivity index (χ2v) is 9.78. The number of carbonyl (C=O) groups excluding carboxylic acids is 1. The summed E-state index contributed by atoms with van der Waals surface area (Å²) >= 11 is 0. The Morgan fingerprint density at radius 2 is 1.66 bits per heavy atom. The number of aryl methyl sites for hydroxylation is 1. The number of benzene rings is 3.